The number of carbonyl (C=O) groups excluding carboxylic acids is 1. The zero-order chi connectivity index (χ0) is 19.1. The Morgan fingerprint density at radius 2 is 1.96 bits per heavy atom. The largest absolute Gasteiger partial charge is 0.493 e. The number of carbonyl (C=O) groups is 1. The van der Waals surface area contributed by atoms with Crippen molar-refractivity contribution < 1.29 is 14.3 Å². The molecule has 0 radical (unpaired) electrons. The molecule has 2 rings (SSSR count). The van der Waals surface area contributed by atoms with E-state index in [4.69, 9.17) is 32.7 Å². The third-order valence-electron chi connectivity index (χ3n) is 3.63. The smallest absolute Gasteiger partial charge is 0.271 e. The van der Waals surface area contributed by atoms with Gasteiger partial charge in [-0.25, -0.2) is 5.43 Å². The Labute approximate surface area is 162 Å². The Morgan fingerprint density at radius 3 is 2.58 bits per heavy atom. The summed E-state index contributed by atoms with van der Waals surface area (Å²) in [6.07, 6.45) is 2.34. The molecular formula is C19H20Cl2N2O3. The summed E-state index contributed by atoms with van der Waals surface area (Å²) >= 11 is 12.1. The van der Waals surface area contributed by atoms with Crippen molar-refractivity contribution in [3.8, 4) is 11.5 Å². The lowest BCUT2D eigenvalue weighted by molar-refractivity contribution is 0.0955. The van der Waals surface area contributed by atoms with Crippen LogP contribution in [0.1, 0.15) is 36.2 Å². The maximum atomic E-state index is 12.0. The second-order valence-electron chi connectivity index (χ2n) is 5.58. The lowest BCUT2D eigenvalue weighted by Crippen LogP contribution is -2.17. The lowest BCUT2D eigenvalue weighted by Gasteiger charge is -2.17. The highest BCUT2D eigenvalue weighted by Crippen LogP contribution is 2.37. The molecule has 0 aliphatic rings. The summed E-state index contributed by atoms with van der Waals surface area (Å²) < 4.78 is 11.1. The van der Waals surface area contributed by atoms with Crippen molar-refractivity contribution in [2.45, 2.75) is 26.4 Å². The van der Waals surface area contributed by atoms with Crippen molar-refractivity contribution in [3.05, 3.63) is 57.6 Å². The van der Waals surface area contributed by atoms with Gasteiger partial charge in [0.1, 0.15) is 0 Å². The zero-order valence-electron chi connectivity index (χ0n) is 14.8. The molecule has 1 N–H and O–H groups in total. The van der Waals surface area contributed by atoms with Crippen molar-refractivity contribution in [2.75, 3.05) is 7.11 Å². The van der Waals surface area contributed by atoms with Crippen LogP contribution in [-0.2, 0) is 0 Å². The molecule has 0 heterocycles. The average Bonchev–Trinajstić information content (AvgIpc) is 2.63. The number of hydrogen-bond acceptors (Lipinski definition) is 4. The van der Waals surface area contributed by atoms with E-state index in [9.17, 15) is 4.79 Å². The minimum absolute atomic E-state index is 0.0135. The summed E-state index contributed by atoms with van der Waals surface area (Å²) in [4.78, 5) is 12.0. The molecule has 7 heteroatoms. The second-order valence-corrected chi connectivity index (χ2v) is 6.42. The molecule has 2 aromatic carbocycles. The standard InChI is InChI=1S/C19H20Cl2N2O3/c1-4-12(2)26-18-16(21)9-13(10-17(18)25-3)11-22-23-19(24)14-5-7-15(20)8-6-14/h5-12H,4H2,1-3H3,(H,23,24)/b22-11-/t12-/m0/s1. The molecule has 0 unspecified atom stereocenters. The van der Waals surface area contributed by atoms with E-state index in [1.165, 1.54) is 6.21 Å². The van der Waals surface area contributed by atoms with E-state index in [-0.39, 0.29) is 12.0 Å². The van der Waals surface area contributed by atoms with Gasteiger partial charge in [0, 0.05) is 10.6 Å². The number of benzene rings is 2. The molecular weight excluding hydrogens is 375 g/mol. The summed E-state index contributed by atoms with van der Waals surface area (Å²) in [5, 5.41) is 4.92. The van der Waals surface area contributed by atoms with Gasteiger partial charge < -0.3 is 9.47 Å². The third kappa shape index (κ3) is 5.38. The number of nitrogens with one attached hydrogen (secondary N) is 1. The molecule has 0 spiro atoms. The number of nitrogens with zero attached hydrogens (tertiary/aromatic N) is 1. The van der Waals surface area contributed by atoms with Crippen LogP contribution in [0.25, 0.3) is 0 Å². The highest BCUT2D eigenvalue weighted by molar-refractivity contribution is 6.32. The van der Waals surface area contributed by atoms with Crippen LogP contribution in [0.5, 0.6) is 11.5 Å². The van der Waals surface area contributed by atoms with E-state index in [0.717, 1.165) is 6.42 Å². The van der Waals surface area contributed by atoms with Crippen molar-refractivity contribution in [1.29, 1.82) is 0 Å². The normalized spacial score (nSPS) is 12.0. The molecule has 0 fully saturated rings. The summed E-state index contributed by atoms with van der Waals surface area (Å²) in [6.45, 7) is 3.98. The molecule has 138 valence electrons. The number of halogens is 2. The van der Waals surface area contributed by atoms with E-state index in [0.29, 0.717) is 32.7 Å². The number of amides is 1. The number of hydrazone groups is 1. The molecule has 0 aliphatic heterocycles. The van der Waals surface area contributed by atoms with Gasteiger partial charge in [0.2, 0.25) is 0 Å². The van der Waals surface area contributed by atoms with Crippen LogP contribution in [0.15, 0.2) is 41.5 Å². The summed E-state index contributed by atoms with van der Waals surface area (Å²) in [5.74, 6) is 0.654. The van der Waals surface area contributed by atoms with Gasteiger partial charge in [0.05, 0.1) is 24.5 Å². The van der Waals surface area contributed by atoms with Crippen molar-refractivity contribution in [1.82, 2.24) is 5.43 Å². The van der Waals surface area contributed by atoms with Crippen molar-refractivity contribution in [2.24, 2.45) is 5.10 Å². The van der Waals surface area contributed by atoms with Crippen LogP contribution in [0.2, 0.25) is 10.0 Å². The van der Waals surface area contributed by atoms with Crippen LogP contribution in [-0.4, -0.2) is 25.3 Å². The molecule has 0 aromatic heterocycles. The van der Waals surface area contributed by atoms with Crippen LogP contribution in [0, 0.1) is 0 Å². The van der Waals surface area contributed by atoms with Crippen molar-refractivity contribution in [3.63, 3.8) is 0 Å². The van der Waals surface area contributed by atoms with E-state index >= 15 is 0 Å². The van der Waals surface area contributed by atoms with Gasteiger partial charge in [-0.15, -0.1) is 0 Å². The topological polar surface area (TPSA) is 59.9 Å². The van der Waals surface area contributed by atoms with Gasteiger partial charge in [0.15, 0.2) is 11.5 Å². The number of hydrogen-bond donors (Lipinski definition) is 1. The fraction of sp³-hybridized carbons (Fsp3) is 0.263. The molecule has 0 saturated heterocycles. The zero-order valence-corrected chi connectivity index (χ0v) is 16.3. The Morgan fingerprint density at radius 1 is 1.27 bits per heavy atom. The fourth-order valence-electron chi connectivity index (χ4n) is 2.04. The van der Waals surface area contributed by atoms with Gasteiger partial charge in [-0.1, -0.05) is 30.1 Å². The second kappa shape index (κ2) is 9.46. The first-order chi connectivity index (χ1) is 12.4. The molecule has 1 atom stereocenters. The van der Waals surface area contributed by atoms with Gasteiger partial charge in [-0.3, -0.25) is 4.79 Å². The van der Waals surface area contributed by atoms with Gasteiger partial charge >= 0.3 is 0 Å². The van der Waals surface area contributed by atoms with Gasteiger partial charge in [-0.05, 0) is 55.3 Å². The van der Waals surface area contributed by atoms with Crippen LogP contribution >= 0.6 is 23.2 Å². The minimum atomic E-state index is -0.340. The molecule has 0 saturated carbocycles. The monoisotopic (exact) mass is 394 g/mol. The predicted octanol–water partition coefficient (Wildman–Crippen LogP) is 4.94. The SMILES string of the molecule is CC[C@H](C)Oc1c(Cl)cc(/C=N\NC(=O)c2ccc(Cl)cc2)cc1OC. The Hall–Kier alpha value is -2.24. The van der Waals surface area contributed by atoms with Crippen LogP contribution in [0.3, 0.4) is 0 Å². The summed E-state index contributed by atoms with van der Waals surface area (Å²) in [7, 11) is 1.54. The van der Waals surface area contributed by atoms with E-state index < -0.39 is 0 Å². The molecule has 0 aliphatic carbocycles. The first kappa shape index (κ1) is 20.1. The Bertz CT molecular complexity index is 792. The summed E-state index contributed by atoms with van der Waals surface area (Å²) in [6, 6.07) is 9.95. The predicted molar refractivity (Wildman–Crippen MR) is 105 cm³/mol. The van der Waals surface area contributed by atoms with Crippen LogP contribution < -0.4 is 14.9 Å². The maximum absolute atomic E-state index is 12.0. The minimum Gasteiger partial charge on any atom is -0.493 e. The number of methoxy groups -OCH3 is 1. The number of ether oxygens (including phenoxy) is 2. The maximum Gasteiger partial charge on any atom is 0.271 e. The van der Waals surface area contributed by atoms with E-state index in [1.54, 1.807) is 43.5 Å². The molecule has 26 heavy (non-hydrogen) atoms. The lowest BCUT2D eigenvalue weighted by atomic mass is 10.2. The summed E-state index contributed by atoms with van der Waals surface area (Å²) in [5.41, 5.74) is 3.58. The average molecular weight is 395 g/mol. The highest BCUT2D eigenvalue weighted by Gasteiger charge is 2.14. The number of rotatable bonds is 7. The first-order valence-corrected chi connectivity index (χ1v) is 8.83. The van der Waals surface area contributed by atoms with Crippen LogP contribution in [0.4, 0.5) is 0 Å². The highest BCUT2D eigenvalue weighted by atomic mass is 35.5. The Balaban J connectivity index is 2.11. The molecule has 2 aromatic rings. The fourth-order valence-corrected chi connectivity index (χ4v) is 2.43. The molecule has 1 amide bonds. The van der Waals surface area contributed by atoms with E-state index in [1.807, 2.05) is 13.8 Å². The molecule has 0 bridgehead atoms. The van der Waals surface area contributed by atoms with Gasteiger partial charge in [0.25, 0.3) is 5.91 Å². The first-order valence-electron chi connectivity index (χ1n) is 8.07. The third-order valence-corrected chi connectivity index (χ3v) is 4.16. The van der Waals surface area contributed by atoms with Crippen molar-refractivity contribution >= 4 is 35.3 Å². The molecule has 5 nitrogen and oxygen atoms in total. The Kier molecular flexibility index (Phi) is 7.30. The quantitative estimate of drug-likeness (QED) is 0.534. The van der Waals surface area contributed by atoms with E-state index in [2.05, 4.69) is 10.5 Å². The van der Waals surface area contributed by atoms with Gasteiger partial charge in [-0.2, -0.15) is 5.10 Å².